The zero-order chi connectivity index (χ0) is 35.0. The number of amides is 1. The van der Waals surface area contributed by atoms with Crippen molar-refractivity contribution in [2.75, 3.05) is 68.8 Å². The number of hydrogen-bond acceptors (Lipinski definition) is 7. The molecule has 6 rings (SSSR count). The fraction of sp³-hybridized carbons (Fsp3) is 0.675. The smallest absolute Gasteiger partial charge is 0.261 e. The van der Waals surface area contributed by atoms with E-state index in [1.807, 2.05) is 18.2 Å². The summed E-state index contributed by atoms with van der Waals surface area (Å²) in [6, 6.07) is 12.4. The Morgan fingerprint density at radius 1 is 1.00 bits per heavy atom. The van der Waals surface area contributed by atoms with Crippen LogP contribution < -0.4 is 19.7 Å². The molecule has 2 bridgehead atoms. The minimum absolute atomic E-state index is 0.0349. The van der Waals surface area contributed by atoms with Gasteiger partial charge in [0, 0.05) is 83.3 Å². The monoisotopic (exact) mass is 742 g/mol. The largest absolute Gasteiger partial charge is 0.491 e. The van der Waals surface area contributed by atoms with E-state index >= 15 is 0 Å². The van der Waals surface area contributed by atoms with Gasteiger partial charge in [-0.15, -0.1) is 0 Å². The van der Waals surface area contributed by atoms with E-state index in [0.717, 1.165) is 93.0 Å². The number of aryl methyl sites for hydroxylation is 1. The van der Waals surface area contributed by atoms with Crippen molar-refractivity contribution in [3.05, 3.63) is 58.1 Å². The number of hydrogen-bond donors (Lipinski definition) is 2. The maximum atomic E-state index is 13.5. The number of carbonyl (C=O) groups excluding carboxylic acids is 1. The van der Waals surface area contributed by atoms with Gasteiger partial charge in [-0.3, -0.25) is 13.7 Å². The molecule has 1 saturated heterocycles. The number of carbonyl (C=O) groups is 1. The highest BCUT2D eigenvalue weighted by molar-refractivity contribution is 7.98. The first-order chi connectivity index (χ1) is 24.3. The third-order valence-electron chi connectivity index (χ3n) is 11.9. The van der Waals surface area contributed by atoms with E-state index in [2.05, 4.69) is 58.8 Å². The summed E-state index contributed by atoms with van der Waals surface area (Å²) in [6.45, 7) is 14.3. The van der Waals surface area contributed by atoms with Crippen LogP contribution in [0.2, 0.25) is 5.02 Å². The minimum atomic E-state index is -0.720. The first-order valence-electron chi connectivity index (χ1n) is 19.3. The average Bonchev–Trinajstić information content (AvgIpc) is 3.27. The summed E-state index contributed by atoms with van der Waals surface area (Å²) in [5.41, 5.74) is 4.38. The van der Waals surface area contributed by atoms with Crippen molar-refractivity contribution in [3.8, 4) is 5.75 Å². The predicted octanol–water partition coefficient (Wildman–Crippen LogP) is 7.55. The Kier molecular flexibility index (Phi) is 13.9. The molecule has 2 fully saturated rings. The van der Waals surface area contributed by atoms with Gasteiger partial charge < -0.3 is 19.9 Å². The highest BCUT2D eigenvalue weighted by Crippen LogP contribution is 2.45. The van der Waals surface area contributed by atoms with Gasteiger partial charge in [0.25, 0.3) is 5.91 Å². The molecule has 7 atom stereocenters. The summed E-state index contributed by atoms with van der Waals surface area (Å²) in [4.78, 5) is 18.7. The number of nitrogens with zero attached hydrogens (tertiary/aromatic N) is 2. The quantitative estimate of drug-likeness (QED) is 0.307. The Hall–Kier alpha value is -1.78. The molecular weight excluding hydrogens is 684 g/mol. The van der Waals surface area contributed by atoms with Crippen LogP contribution in [0.4, 0.5) is 5.69 Å². The van der Waals surface area contributed by atoms with Gasteiger partial charge in [-0.2, -0.15) is 0 Å². The molecule has 1 saturated carbocycles. The third kappa shape index (κ3) is 9.80. The van der Waals surface area contributed by atoms with Crippen LogP contribution >= 0.6 is 23.5 Å². The van der Waals surface area contributed by atoms with Crippen LogP contribution in [0.25, 0.3) is 0 Å². The highest BCUT2D eigenvalue weighted by atomic mass is 35.5. The van der Waals surface area contributed by atoms with Crippen LogP contribution in [0.15, 0.2) is 36.4 Å². The number of anilines is 1. The van der Waals surface area contributed by atoms with E-state index in [9.17, 15) is 9.00 Å². The topological polar surface area (TPSA) is 73.9 Å². The number of rotatable bonds is 5. The summed E-state index contributed by atoms with van der Waals surface area (Å²) in [5, 5.41) is 4.67. The Morgan fingerprint density at radius 2 is 1.88 bits per heavy atom. The summed E-state index contributed by atoms with van der Waals surface area (Å²) in [5.74, 6) is 5.04. The molecule has 7 nitrogen and oxygen atoms in total. The minimum Gasteiger partial charge on any atom is -0.491 e. The fourth-order valence-corrected chi connectivity index (χ4v) is 10.6. The number of benzene rings is 2. The van der Waals surface area contributed by atoms with Crippen LogP contribution in [0.1, 0.15) is 93.1 Å². The van der Waals surface area contributed by atoms with Crippen LogP contribution in [0.3, 0.4) is 0 Å². The highest BCUT2D eigenvalue weighted by Gasteiger charge is 2.40. The van der Waals surface area contributed by atoms with Crippen LogP contribution in [0, 0.1) is 23.7 Å². The molecule has 276 valence electrons. The lowest BCUT2D eigenvalue weighted by Crippen LogP contribution is -2.46. The molecule has 50 heavy (non-hydrogen) atoms. The van der Waals surface area contributed by atoms with Crippen LogP contribution in [0.5, 0.6) is 5.75 Å². The Morgan fingerprint density at radius 3 is 2.70 bits per heavy atom. The van der Waals surface area contributed by atoms with E-state index in [1.165, 1.54) is 43.2 Å². The Labute approximate surface area is 313 Å². The molecule has 0 aromatic heterocycles. The van der Waals surface area contributed by atoms with E-state index in [4.69, 9.17) is 16.3 Å². The lowest BCUT2D eigenvalue weighted by atomic mass is 9.65. The maximum absolute atomic E-state index is 13.5. The van der Waals surface area contributed by atoms with Gasteiger partial charge in [-0.25, -0.2) is 0 Å². The van der Waals surface area contributed by atoms with Crippen molar-refractivity contribution >= 4 is 45.9 Å². The van der Waals surface area contributed by atoms with E-state index in [-0.39, 0.29) is 11.8 Å². The van der Waals surface area contributed by atoms with Crippen molar-refractivity contribution in [1.82, 2.24) is 14.9 Å². The number of halogens is 1. The van der Waals surface area contributed by atoms with E-state index in [1.54, 1.807) is 11.9 Å². The molecular formula is C40H59ClN4O3S2. The molecule has 0 radical (unpaired) electrons. The van der Waals surface area contributed by atoms with Crippen molar-refractivity contribution in [1.29, 1.82) is 0 Å². The maximum Gasteiger partial charge on any atom is 0.261 e. The van der Waals surface area contributed by atoms with Crippen LogP contribution in [-0.2, 0) is 17.2 Å². The van der Waals surface area contributed by atoms with Crippen molar-refractivity contribution in [2.24, 2.45) is 23.7 Å². The Bertz CT molecular complexity index is 1460. The number of nitrogens with one attached hydrogen (secondary N) is 2. The van der Waals surface area contributed by atoms with Crippen molar-refractivity contribution in [2.45, 2.75) is 83.3 Å². The van der Waals surface area contributed by atoms with Gasteiger partial charge in [0.2, 0.25) is 0 Å². The van der Waals surface area contributed by atoms with Crippen molar-refractivity contribution < 1.29 is 13.7 Å². The summed E-state index contributed by atoms with van der Waals surface area (Å²) < 4.78 is 22.3. The Balaban J connectivity index is 1.30. The van der Waals surface area contributed by atoms with Gasteiger partial charge in [0.1, 0.15) is 5.75 Å². The molecule has 2 aromatic carbocycles. The molecule has 3 aliphatic heterocycles. The van der Waals surface area contributed by atoms with Crippen molar-refractivity contribution in [3.63, 3.8) is 0 Å². The first-order valence-corrected chi connectivity index (χ1v) is 22.1. The average molecular weight is 744 g/mol. The van der Waals surface area contributed by atoms with Gasteiger partial charge in [0.05, 0.1) is 12.3 Å². The normalized spacial score (nSPS) is 30.6. The number of ether oxygens (including phenoxy) is 1. The third-order valence-corrected chi connectivity index (χ3v) is 14.6. The molecule has 3 heterocycles. The van der Waals surface area contributed by atoms with E-state index in [0.29, 0.717) is 41.1 Å². The molecule has 4 aliphatic rings. The molecule has 2 aromatic rings. The fourth-order valence-electron chi connectivity index (χ4n) is 8.60. The molecule has 2 N–H and O–H groups in total. The van der Waals surface area contributed by atoms with Gasteiger partial charge >= 0.3 is 0 Å². The molecule has 1 aliphatic carbocycles. The van der Waals surface area contributed by atoms with Gasteiger partial charge in [0.15, 0.2) is 0 Å². The molecule has 1 amide bonds. The summed E-state index contributed by atoms with van der Waals surface area (Å²) >= 11 is 8.07. The number of fused-ring (bicyclic) bond motifs is 2. The predicted molar refractivity (Wildman–Crippen MR) is 211 cm³/mol. The zero-order valence-corrected chi connectivity index (χ0v) is 32.9. The molecule has 7 unspecified atom stereocenters. The lowest BCUT2D eigenvalue weighted by Gasteiger charge is -2.46. The second kappa shape index (κ2) is 18.3. The molecule has 10 heteroatoms. The van der Waals surface area contributed by atoms with Crippen LogP contribution in [-0.4, -0.2) is 84.2 Å². The zero-order valence-electron chi connectivity index (χ0n) is 30.5. The van der Waals surface area contributed by atoms with E-state index < -0.39 is 10.8 Å². The van der Waals surface area contributed by atoms with Gasteiger partial charge in [-0.05, 0) is 122 Å². The summed E-state index contributed by atoms with van der Waals surface area (Å²) in [7, 11) is -0.720. The summed E-state index contributed by atoms with van der Waals surface area (Å²) in [6.07, 6.45) is 9.22. The van der Waals surface area contributed by atoms with Gasteiger partial charge in [-0.1, -0.05) is 51.3 Å². The standard InChI is InChI=1S/C40H59ClN4O3S2/c1-4-7-30-22-35(41)12-14-36(30)34-26-45-25-33-10-13-37(33)32(24-44-18-6-20-50(47)21-17-42-16-19-44)9-5-8-28(2)29(3)49-43-40(46)31-11-15-39(48-27-34)38(45)23-31/h11-12,14-15,22-23,28-29,32-34,37,42H,4-10,13,16-21,24-27H2,1-3H3,(H,43,46). The lowest BCUT2D eigenvalue weighted by molar-refractivity contribution is 0.0697. The first kappa shape index (κ1) is 38.0. The second-order valence-corrected chi connectivity index (χ2v) is 18.7. The second-order valence-electron chi connectivity index (χ2n) is 15.4. The SMILES string of the molecule is CCCc1cc(Cl)ccc1C1COc2ccc3cc2N(C1)CC1CCC1C(CN1CCCS(=O)CCNCC1)CCCC(C)C(C)SNC3=O. The molecule has 0 spiro atoms.